The van der Waals surface area contributed by atoms with E-state index >= 15 is 0 Å². The fraction of sp³-hybridized carbons (Fsp3) is 0.786. The van der Waals surface area contributed by atoms with Crippen LogP contribution in [-0.4, -0.2) is 59.9 Å². The summed E-state index contributed by atoms with van der Waals surface area (Å²) in [6.07, 6.45) is 2.34. The molecule has 0 saturated carbocycles. The van der Waals surface area contributed by atoms with Gasteiger partial charge < -0.3 is 16.0 Å². The molecule has 0 bridgehead atoms. The molecule has 1 aliphatic rings. The number of urea groups is 1. The first-order valence-electron chi connectivity index (χ1n) is 7.44. The molecule has 1 saturated heterocycles. The van der Waals surface area contributed by atoms with E-state index in [0.29, 0.717) is 13.0 Å². The van der Waals surface area contributed by atoms with Crippen LogP contribution in [-0.2, 0) is 9.59 Å². The van der Waals surface area contributed by atoms with Crippen molar-refractivity contribution in [2.45, 2.75) is 45.1 Å². The van der Waals surface area contributed by atoms with Gasteiger partial charge in [-0.2, -0.15) is 0 Å². The van der Waals surface area contributed by atoms with Crippen molar-refractivity contribution in [2.75, 3.05) is 26.7 Å². The van der Waals surface area contributed by atoms with Crippen LogP contribution in [0.2, 0.25) is 0 Å². The highest BCUT2D eigenvalue weighted by atomic mass is 35.5. The van der Waals surface area contributed by atoms with Crippen LogP contribution in [0.15, 0.2) is 0 Å². The molecular weight excluding hydrogens is 308 g/mol. The zero-order valence-corrected chi connectivity index (χ0v) is 14.4. The van der Waals surface area contributed by atoms with Gasteiger partial charge in [0.1, 0.15) is 6.54 Å². The maximum absolute atomic E-state index is 11.8. The topological polar surface area (TPSA) is 95.7 Å². The molecule has 8 heteroatoms. The lowest BCUT2D eigenvalue weighted by molar-refractivity contribution is -0.126. The van der Waals surface area contributed by atoms with Gasteiger partial charge in [-0.05, 0) is 19.3 Å². The number of carbonyl (C=O) groups excluding carboxylic acids is 3. The Morgan fingerprint density at radius 2 is 1.91 bits per heavy atom. The van der Waals surface area contributed by atoms with Crippen molar-refractivity contribution in [3.05, 3.63) is 0 Å². The molecule has 1 fully saturated rings. The second-order valence-electron chi connectivity index (χ2n) is 5.63. The molecule has 3 N–H and O–H groups in total. The second-order valence-corrected chi connectivity index (χ2v) is 5.63. The van der Waals surface area contributed by atoms with Gasteiger partial charge in [0.05, 0.1) is 0 Å². The number of amides is 4. The van der Waals surface area contributed by atoms with E-state index in [4.69, 9.17) is 5.73 Å². The quantitative estimate of drug-likeness (QED) is 0.639. The fourth-order valence-corrected chi connectivity index (χ4v) is 2.15. The van der Waals surface area contributed by atoms with Crippen LogP contribution in [0, 0.1) is 0 Å². The Balaban J connectivity index is 0.00000441. The van der Waals surface area contributed by atoms with Crippen molar-refractivity contribution in [2.24, 2.45) is 5.73 Å². The molecule has 1 rings (SSSR count). The van der Waals surface area contributed by atoms with E-state index in [9.17, 15) is 14.4 Å². The maximum Gasteiger partial charge on any atom is 0.326 e. The van der Waals surface area contributed by atoms with E-state index < -0.39 is 0 Å². The summed E-state index contributed by atoms with van der Waals surface area (Å²) in [5, 5.41) is 2.82. The summed E-state index contributed by atoms with van der Waals surface area (Å²) < 4.78 is 0. The monoisotopic (exact) mass is 334 g/mol. The van der Waals surface area contributed by atoms with Crippen molar-refractivity contribution in [3.8, 4) is 0 Å². The molecular formula is C14H27ClN4O3. The van der Waals surface area contributed by atoms with Crippen LogP contribution in [0.5, 0.6) is 0 Å². The molecule has 1 aliphatic heterocycles. The third-order valence-electron chi connectivity index (χ3n) is 4.06. The van der Waals surface area contributed by atoms with Gasteiger partial charge in [0.25, 0.3) is 0 Å². The molecule has 128 valence electrons. The highest BCUT2D eigenvalue weighted by molar-refractivity contribution is 6.01. The number of nitrogens with two attached hydrogens (primary N) is 1. The number of rotatable bonds is 8. The van der Waals surface area contributed by atoms with Gasteiger partial charge >= 0.3 is 6.03 Å². The van der Waals surface area contributed by atoms with E-state index in [0.717, 1.165) is 12.8 Å². The Morgan fingerprint density at radius 1 is 1.32 bits per heavy atom. The summed E-state index contributed by atoms with van der Waals surface area (Å²) in [4.78, 5) is 37.5. The Labute approximate surface area is 138 Å². The summed E-state index contributed by atoms with van der Waals surface area (Å²) >= 11 is 0. The number of halogens is 1. The van der Waals surface area contributed by atoms with Gasteiger partial charge in [-0.15, -0.1) is 12.4 Å². The lowest BCUT2D eigenvalue weighted by Gasteiger charge is -2.26. The van der Waals surface area contributed by atoms with Crippen molar-refractivity contribution in [3.63, 3.8) is 0 Å². The number of hydrogen-bond acceptors (Lipinski definition) is 4. The Kier molecular flexibility index (Phi) is 8.40. The van der Waals surface area contributed by atoms with Crippen molar-refractivity contribution in [1.82, 2.24) is 15.1 Å². The lowest BCUT2D eigenvalue weighted by Crippen LogP contribution is -2.49. The fourth-order valence-electron chi connectivity index (χ4n) is 2.15. The molecule has 0 aromatic heterocycles. The van der Waals surface area contributed by atoms with Crippen LogP contribution < -0.4 is 11.1 Å². The number of nitrogens with zero attached hydrogens (tertiary/aromatic N) is 2. The van der Waals surface area contributed by atoms with Crippen LogP contribution in [0.3, 0.4) is 0 Å². The third kappa shape index (κ3) is 5.46. The highest BCUT2D eigenvalue weighted by Gasteiger charge is 2.32. The molecule has 7 nitrogen and oxygen atoms in total. The number of imide groups is 1. The van der Waals surface area contributed by atoms with Crippen molar-refractivity contribution < 1.29 is 14.4 Å². The Morgan fingerprint density at radius 3 is 2.36 bits per heavy atom. The van der Waals surface area contributed by atoms with Gasteiger partial charge in [0.2, 0.25) is 11.8 Å². The number of carbonyl (C=O) groups is 3. The molecule has 0 atom stereocenters. The molecule has 4 amide bonds. The van der Waals surface area contributed by atoms with E-state index in [1.165, 1.54) is 9.80 Å². The molecule has 0 aliphatic carbocycles. The molecule has 0 unspecified atom stereocenters. The summed E-state index contributed by atoms with van der Waals surface area (Å²) in [5.41, 5.74) is 5.75. The molecule has 1 heterocycles. The van der Waals surface area contributed by atoms with E-state index in [1.54, 1.807) is 7.05 Å². The summed E-state index contributed by atoms with van der Waals surface area (Å²) in [6, 6.07) is -0.293. The van der Waals surface area contributed by atoms with Crippen LogP contribution in [0.25, 0.3) is 0 Å². The summed E-state index contributed by atoms with van der Waals surface area (Å²) in [6.45, 7) is 4.84. The molecule has 0 aromatic rings. The minimum Gasteiger partial charge on any atom is -0.354 e. The van der Waals surface area contributed by atoms with Gasteiger partial charge in [-0.3, -0.25) is 14.5 Å². The number of hydrogen-bond donors (Lipinski definition) is 2. The first-order chi connectivity index (χ1) is 9.83. The summed E-state index contributed by atoms with van der Waals surface area (Å²) in [5.74, 6) is -0.306. The van der Waals surface area contributed by atoms with Gasteiger partial charge in [0.15, 0.2) is 0 Å². The SMILES string of the molecule is CCC(N)(CC)CNC(=O)CCCN1C(=O)CN(C)C1=O.Cl. The van der Waals surface area contributed by atoms with Crippen LogP contribution in [0.1, 0.15) is 39.5 Å². The molecule has 0 aromatic carbocycles. The Hall–Kier alpha value is -1.34. The predicted molar refractivity (Wildman–Crippen MR) is 86.7 cm³/mol. The average molecular weight is 335 g/mol. The zero-order valence-electron chi connectivity index (χ0n) is 13.6. The predicted octanol–water partition coefficient (Wildman–Crippen LogP) is 0.716. The normalized spacial score (nSPS) is 15.1. The first-order valence-corrected chi connectivity index (χ1v) is 7.44. The Bertz CT molecular complexity index is 413. The largest absolute Gasteiger partial charge is 0.354 e. The van der Waals surface area contributed by atoms with Gasteiger partial charge in [-0.1, -0.05) is 13.8 Å². The van der Waals surface area contributed by atoms with E-state index in [1.807, 2.05) is 13.8 Å². The van der Waals surface area contributed by atoms with Gasteiger partial charge in [0, 0.05) is 32.1 Å². The molecule has 0 radical (unpaired) electrons. The first kappa shape index (κ1) is 20.7. The standard InChI is InChI=1S/C14H26N4O3.ClH/c1-4-14(15,5-2)10-16-11(19)7-6-8-18-12(20)9-17(3)13(18)21;/h4-10,15H2,1-3H3,(H,16,19);1H. The smallest absolute Gasteiger partial charge is 0.326 e. The van der Waals surface area contributed by atoms with Crippen LogP contribution in [0.4, 0.5) is 4.79 Å². The number of nitrogens with one attached hydrogen (secondary N) is 1. The zero-order chi connectivity index (χ0) is 16.0. The highest BCUT2D eigenvalue weighted by Crippen LogP contribution is 2.10. The van der Waals surface area contributed by atoms with Gasteiger partial charge in [-0.25, -0.2) is 4.79 Å². The third-order valence-corrected chi connectivity index (χ3v) is 4.06. The van der Waals surface area contributed by atoms with Crippen molar-refractivity contribution in [1.29, 1.82) is 0 Å². The van der Waals surface area contributed by atoms with Crippen LogP contribution >= 0.6 is 12.4 Å². The summed E-state index contributed by atoms with van der Waals surface area (Å²) in [7, 11) is 1.59. The molecule has 0 spiro atoms. The second kappa shape index (κ2) is 8.95. The average Bonchev–Trinajstić information content (AvgIpc) is 2.71. The molecule has 22 heavy (non-hydrogen) atoms. The number of likely N-dealkylation sites (N-methyl/N-ethyl adjacent to an activating group) is 1. The minimum atomic E-state index is -0.362. The van der Waals surface area contributed by atoms with E-state index in [2.05, 4.69) is 5.32 Å². The van der Waals surface area contributed by atoms with E-state index in [-0.39, 0.29) is 55.3 Å². The lowest BCUT2D eigenvalue weighted by atomic mass is 9.94. The maximum atomic E-state index is 11.8. The van der Waals surface area contributed by atoms with Crippen molar-refractivity contribution >= 4 is 30.3 Å². The minimum absolute atomic E-state index is 0.